The van der Waals surface area contributed by atoms with Gasteiger partial charge >= 0.3 is 0 Å². The van der Waals surface area contributed by atoms with Crippen LogP contribution in [0.3, 0.4) is 0 Å². The molecule has 0 N–H and O–H groups in total. The second-order valence-corrected chi connectivity index (χ2v) is 8.06. The lowest BCUT2D eigenvalue weighted by Crippen LogP contribution is -2.16. The highest BCUT2D eigenvalue weighted by Gasteiger charge is 2.24. The van der Waals surface area contributed by atoms with Gasteiger partial charge in [0.25, 0.3) is 0 Å². The fourth-order valence-electron chi connectivity index (χ4n) is 3.02. The van der Waals surface area contributed by atoms with Gasteiger partial charge in [0.15, 0.2) is 0 Å². The molecular formula is C23H38O. The Balaban J connectivity index is 2.91. The summed E-state index contributed by atoms with van der Waals surface area (Å²) in [5.74, 6) is 2.77. The SMILES string of the molecule is C=CC(C)(CCC=C(C)C)Cc1oc(C(C)C)cc1CCCCC. The number of furan rings is 1. The summed E-state index contributed by atoms with van der Waals surface area (Å²) in [7, 11) is 0. The predicted molar refractivity (Wildman–Crippen MR) is 107 cm³/mol. The molecule has 1 rings (SSSR count). The summed E-state index contributed by atoms with van der Waals surface area (Å²) in [6, 6.07) is 2.30. The summed E-state index contributed by atoms with van der Waals surface area (Å²) >= 11 is 0. The van der Waals surface area contributed by atoms with Crippen LogP contribution in [0.15, 0.2) is 34.8 Å². The maximum absolute atomic E-state index is 6.27. The third-order valence-electron chi connectivity index (χ3n) is 4.86. The zero-order chi connectivity index (χ0) is 18.2. The monoisotopic (exact) mass is 330 g/mol. The van der Waals surface area contributed by atoms with E-state index in [1.807, 2.05) is 0 Å². The van der Waals surface area contributed by atoms with Gasteiger partial charge in [-0.3, -0.25) is 0 Å². The van der Waals surface area contributed by atoms with Crippen LogP contribution in [0.1, 0.15) is 96.6 Å². The van der Waals surface area contributed by atoms with Crippen LogP contribution in [0, 0.1) is 5.41 Å². The molecule has 0 aliphatic rings. The third kappa shape index (κ3) is 6.71. The van der Waals surface area contributed by atoms with Crippen molar-refractivity contribution in [3.63, 3.8) is 0 Å². The highest BCUT2D eigenvalue weighted by atomic mass is 16.3. The second kappa shape index (κ2) is 9.91. The molecule has 1 heteroatoms. The molecule has 1 aromatic rings. The van der Waals surface area contributed by atoms with Gasteiger partial charge < -0.3 is 4.42 Å². The number of unbranched alkanes of at least 4 members (excludes halogenated alkanes) is 2. The van der Waals surface area contributed by atoms with Crippen molar-refractivity contribution in [3.8, 4) is 0 Å². The summed E-state index contributed by atoms with van der Waals surface area (Å²) in [5, 5.41) is 0. The van der Waals surface area contributed by atoms with Crippen molar-refractivity contribution in [2.45, 2.75) is 92.4 Å². The van der Waals surface area contributed by atoms with Crippen molar-refractivity contribution in [2.24, 2.45) is 5.41 Å². The van der Waals surface area contributed by atoms with Crippen molar-refractivity contribution in [2.75, 3.05) is 0 Å². The molecule has 1 aromatic heterocycles. The van der Waals surface area contributed by atoms with E-state index < -0.39 is 0 Å². The van der Waals surface area contributed by atoms with Gasteiger partial charge in [0.05, 0.1) is 0 Å². The molecule has 1 nitrogen and oxygen atoms in total. The lowest BCUT2D eigenvalue weighted by molar-refractivity contribution is 0.339. The molecule has 0 radical (unpaired) electrons. The van der Waals surface area contributed by atoms with Gasteiger partial charge in [0.2, 0.25) is 0 Å². The summed E-state index contributed by atoms with van der Waals surface area (Å²) in [6.07, 6.45) is 12.6. The molecule has 136 valence electrons. The number of hydrogen-bond donors (Lipinski definition) is 0. The van der Waals surface area contributed by atoms with Crippen LogP contribution >= 0.6 is 0 Å². The molecule has 1 unspecified atom stereocenters. The minimum atomic E-state index is 0.0948. The van der Waals surface area contributed by atoms with Crippen molar-refractivity contribution >= 4 is 0 Å². The summed E-state index contributed by atoms with van der Waals surface area (Å²) in [5.41, 5.74) is 2.90. The predicted octanol–water partition coefficient (Wildman–Crippen LogP) is 7.62. The zero-order valence-electron chi connectivity index (χ0n) is 16.9. The molecular weight excluding hydrogens is 292 g/mol. The minimum Gasteiger partial charge on any atom is -0.465 e. The maximum atomic E-state index is 6.27. The van der Waals surface area contributed by atoms with Crippen LogP contribution in [0.5, 0.6) is 0 Å². The summed E-state index contributed by atoms with van der Waals surface area (Å²) in [4.78, 5) is 0. The second-order valence-electron chi connectivity index (χ2n) is 8.06. The molecule has 24 heavy (non-hydrogen) atoms. The van der Waals surface area contributed by atoms with Gasteiger partial charge in [-0.05, 0) is 56.6 Å². The van der Waals surface area contributed by atoms with Gasteiger partial charge in [-0.1, -0.05) is 58.3 Å². The van der Waals surface area contributed by atoms with E-state index in [0.717, 1.165) is 31.4 Å². The Bertz CT molecular complexity index is 528. The topological polar surface area (TPSA) is 13.1 Å². The van der Waals surface area contributed by atoms with Crippen molar-refractivity contribution in [3.05, 3.63) is 47.5 Å². The van der Waals surface area contributed by atoms with Crippen LogP contribution in [-0.4, -0.2) is 0 Å². The van der Waals surface area contributed by atoms with Crippen LogP contribution in [0.25, 0.3) is 0 Å². The highest BCUT2D eigenvalue weighted by molar-refractivity contribution is 5.25. The molecule has 0 aromatic carbocycles. The quantitative estimate of drug-likeness (QED) is 0.300. The first-order valence-electron chi connectivity index (χ1n) is 9.69. The molecule has 0 aliphatic carbocycles. The molecule has 0 fully saturated rings. The normalized spacial score (nSPS) is 13.8. The van der Waals surface area contributed by atoms with E-state index in [4.69, 9.17) is 4.42 Å². The lowest BCUT2D eigenvalue weighted by Gasteiger charge is -2.25. The fraction of sp³-hybridized carbons (Fsp3) is 0.652. The Morgan fingerprint density at radius 3 is 2.54 bits per heavy atom. The van der Waals surface area contributed by atoms with Crippen molar-refractivity contribution in [1.82, 2.24) is 0 Å². The number of allylic oxidation sites excluding steroid dienone is 3. The van der Waals surface area contributed by atoms with Crippen LogP contribution in [0.4, 0.5) is 0 Å². The van der Waals surface area contributed by atoms with Crippen LogP contribution < -0.4 is 0 Å². The molecule has 0 saturated carbocycles. The number of rotatable bonds is 11. The summed E-state index contributed by atoms with van der Waals surface area (Å²) in [6.45, 7) is 17.4. The van der Waals surface area contributed by atoms with Gasteiger partial charge in [-0.2, -0.15) is 0 Å². The third-order valence-corrected chi connectivity index (χ3v) is 4.86. The molecule has 0 aliphatic heterocycles. The Kier molecular flexibility index (Phi) is 8.59. The van der Waals surface area contributed by atoms with Crippen molar-refractivity contribution in [1.29, 1.82) is 0 Å². The average molecular weight is 331 g/mol. The van der Waals surface area contributed by atoms with Gasteiger partial charge in [0.1, 0.15) is 11.5 Å². The Labute approximate surface area is 150 Å². The van der Waals surface area contributed by atoms with Gasteiger partial charge in [0, 0.05) is 12.3 Å². The largest absolute Gasteiger partial charge is 0.465 e. The molecule has 0 spiro atoms. The Hall–Kier alpha value is -1.24. The molecule has 1 heterocycles. The van der Waals surface area contributed by atoms with E-state index in [0.29, 0.717) is 5.92 Å². The van der Waals surface area contributed by atoms with E-state index in [1.54, 1.807) is 0 Å². The summed E-state index contributed by atoms with van der Waals surface area (Å²) < 4.78 is 6.27. The van der Waals surface area contributed by atoms with E-state index in [2.05, 4.69) is 66.3 Å². The molecule has 0 amide bonds. The minimum absolute atomic E-state index is 0.0948. The standard InChI is InChI=1S/C23H38O/c1-8-10-11-14-20-16-21(19(5)6)24-22(20)17-23(7,9-2)15-12-13-18(3)4/h9,13,16,19H,2,8,10-12,14-15,17H2,1,3-7H3. The van der Waals surface area contributed by atoms with E-state index >= 15 is 0 Å². The van der Waals surface area contributed by atoms with E-state index in [9.17, 15) is 0 Å². The van der Waals surface area contributed by atoms with Crippen molar-refractivity contribution < 1.29 is 4.42 Å². The van der Waals surface area contributed by atoms with Gasteiger partial charge in [-0.25, -0.2) is 0 Å². The highest BCUT2D eigenvalue weighted by Crippen LogP contribution is 2.34. The maximum Gasteiger partial charge on any atom is 0.108 e. The lowest BCUT2D eigenvalue weighted by atomic mass is 9.80. The Morgan fingerprint density at radius 2 is 2.00 bits per heavy atom. The fourth-order valence-corrected chi connectivity index (χ4v) is 3.02. The van der Waals surface area contributed by atoms with Gasteiger partial charge in [-0.15, -0.1) is 6.58 Å². The molecule has 0 bridgehead atoms. The Morgan fingerprint density at radius 1 is 1.29 bits per heavy atom. The first-order chi connectivity index (χ1) is 11.3. The van der Waals surface area contributed by atoms with Crippen LogP contribution in [-0.2, 0) is 12.8 Å². The molecule has 0 saturated heterocycles. The number of aryl methyl sites for hydroxylation is 1. The first-order valence-corrected chi connectivity index (χ1v) is 9.69. The molecule has 1 atom stereocenters. The first kappa shape index (κ1) is 20.8. The smallest absolute Gasteiger partial charge is 0.108 e. The average Bonchev–Trinajstić information content (AvgIpc) is 2.90. The van der Waals surface area contributed by atoms with E-state index in [1.165, 1.54) is 36.2 Å². The number of hydrogen-bond acceptors (Lipinski definition) is 1. The zero-order valence-corrected chi connectivity index (χ0v) is 16.9. The van der Waals surface area contributed by atoms with E-state index in [-0.39, 0.29) is 5.41 Å². The van der Waals surface area contributed by atoms with Crippen LogP contribution in [0.2, 0.25) is 0 Å².